The fraction of sp³-hybridized carbons (Fsp3) is 0.167. The van der Waals surface area contributed by atoms with Crippen LogP contribution in [-0.2, 0) is 6.42 Å². The van der Waals surface area contributed by atoms with E-state index in [1.807, 2.05) is 23.6 Å². The van der Waals surface area contributed by atoms with E-state index in [0.29, 0.717) is 0 Å². The molecule has 0 aromatic carbocycles. The number of fused-ring (bicyclic) bond motifs is 1. The zero-order chi connectivity index (χ0) is 11.8. The first-order chi connectivity index (χ1) is 8.20. The van der Waals surface area contributed by atoms with Crippen molar-refractivity contribution in [3.63, 3.8) is 0 Å². The van der Waals surface area contributed by atoms with E-state index in [2.05, 4.69) is 22.2 Å². The predicted octanol–water partition coefficient (Wildman–Crippen LogP) is 3.34. The lowest BCUT2D eigenvalue weighted by molar-refractivity contribution is 1.08. The molecule has 0 unspecified atom stereocenters. The van der Waals surface area contributed by atoms with Crippen molar-refractivity contribution in [2.45, 2.75) is 13.3 Å². The van der Waals surface area contributed by atoms with Gasteiger partial charge in [-0.3, -0.25) is 0 Å². The minimum absolute atomic E-state index is 0.736. The van der Waals surface area contributed by atoms with Crippen molar-refractivity contribution in [3.05, 3.63) is 51.3 Å². The Labute approximate surface area is 108 Å². The summed E-state index contributed by atoms with van der Waals surface area (Å²) in [5, 5.41) is 1.03. The van der Waals surface area contributed by atoms with Gasteiger partial charge in [0.2, 0.25) is 0 Å². The van der Waals surface area contributed by atoms with E-state index in [1.54, 1.807) is 6.20 Å². The summed E-state index contributed by atoms with van der Waals surface area (Å²) in [5.41, 5.74) is 3.21. The van der Waals surface area contributed by atoms with Gasteiger partial charge in [-0.2, -0.15) is 0 Å². The highest BCUT2D eigenvalue weighted by Crippen LogP contribution is 2.21. The second-order valence-corrected chi connectivity index (χ2v) is 5.67. The summed E-state index contributed by atoms with van der Waals surface area (Å²) in [5.74, 6) is 0. The Morgan fingerprint density at radius 2 is 2.24 bits per heavy atom. The maximum Gasteiger partial charge on any atom is 0.136 e. The molecule has 0 radical (unpaired) electrons. The van der Waals surface area contributed by atoms with E-state index in [9.17, 15) is 0 Å². The van der Waals surface area contributed by atoms with Gasteiger partial charge in [-0.15, -0.1) is 11.3 Å². The molecule has 0 bridgehead atoms. The van der Waals surface area contributed by atoms with Gasteiger partial charge >= 0.3 is 0 Å². The molecule has 0 N–H and O–H groups in total. The molecule has 0 spiro atoms. The Kier molecular flexibility index (Phi) is 2.61. The monoisotopic (exact) mass is 263 g/mol. The molecule has 3 aromatic rings. The lowest BCUT2D eigenvalue weighted by Crippen LogP contribution is -1.90. The number of hydrogen-bond donors (Lipinski definition) is 0. The molecule has 3 rings (SSSR count). The lowest BCUT2D eigenvalue weighted by atomic mass is 10.2. The summed E-state index contributed by atoms with van der Waals surface area (Å²) in [6.45, 7) is 1.99. The second kappa shape index (κ2) is 4.13. The van der Waals surface area contributed by atoms with Gasteiger partial charge in [0.05, 0.1) is 16.9 Å². The quantitative estimate of drug-likeness (QED) is 0.710. The Morgan fingerprint density at radius 1 is 1.35 bits per heavy atom. The molecule has 0 fully saturated rings. The fourth-order valence-corrected chi connectivity index (χ4v) is 2.80. The lowest BCUT2D eigenvalue weighted by Gasteiger charge is -1.99. The van der Waals surface area contributed by atoms with Gasteiger partial charge in [-0.1, -0.05) is 17.7 Å². The average Bonchev–Trinajstić information content (AvgIpc) is 2.83. The topological polar surface area (TPSA) is 30.2 Å². The summed E-state index contributed by atoms with van der Waals surface area (Å²) in [6, 6.07) is 4.11. The van der Waals surface area contributed by atoms with Crippen LogP contribution in [0.4, 0.5) is 0 Å². The molecule has 0 amide bonds. The Balaban J connectivity index is 1.95. The van der Waals surface area contributed by atoms with Crippen molar-refractivity contribution >= 4 is 28.6 Å². The molecule has 0 aliphatic carbocycles. The fourth-order valence-electron chi connectivity index (χ4n) is 1.81. The third-order valence-corrected chi connectivity index (χ3v) is 3.63. The van der Waals surface area contributed by atoms with E-state index in [1.165, 1.54) is 16.9 Å². The van der Waals surface area contributed by atoms with Gasteiger partial charge in [0.25, 0.3) is 0 Å². The van der Waals surface area contributed by atoms with Gasteiger partial charge in [-0.25, -0.2) is 9.97 Å². The standard InChI is InChI=1S/C12H10ClN3S/c1-8-6-16-7-9(2-3-11(16)15-8)4-12-14-5-10(13)17-12/h2-3,5-7H,4H2,1H3. The van der Waals surface area contributed by atoms with Gasteiger partial charge in [0, 0.05) is 18.8 Å². The van der Waals surface area contributed by atoms with E-state index in [-0.39, 0.29) is 0 Å². The van der Waals surface area contributed by atoms with Crippen LogP contribution in [0.25, 0.3) is 5.65 Å². The molecule has 0 saturated heterocycles. The Morgan fingerprint density at radius 3 is 3.00 bits per heavy atom. The molecule has 86 valence electrons. The number of aryl methyl sites for hydroxylation is 1. The molecular formula is C12H10ClN3S. The summed E-state index contributed by atoms with van der Waals surface area (Å²) in [7, 11) is 0. The molecule has 5 heteroatoms. The van der Waals surface area contributed by atoms with Crippen molar-refractivity contribution in [1.82, 2.24) is 14.4 Å². The Hall–Kier alpha value is -1.39. The van der Waals surface area contributed by atoms with Crippen LogP contribution in [0, 0.1) is 6.92 Å². The van der Waals surface area contributed by atoms with Crippen LogP contribution in [-0.4, -0.2) is 14.4 Å². The molecule has 0 aliphatic rings. The van der Waals surface area contributed by atoms with E-state index in [4.69, 9.17) is 11.6 Å². The predicted molar refractivity (Wildman–Crippen MR) is 69.9 cm³/mol. The number of nitrogens with zero attached hydrogens (tertiary/aromatic N) is 3. The number of hydrogen-bond acceptors (Lipinski definition) is 3. The molecule has 3 aromatic heterocycles. The highest BCUT2D eigenvalue weighted by molar-refractivity contribution is 7.15. The van der Waals surface area contributed by atoms with Crippen LogP contribution in [0.5, 0.6) is 0 Å². The van der Waals surface area contributed by atoms with Gasteiger partial charge < -0.3 is 4.40 Å². The smallest absolute Gasteiger partial charge is 0.136 e. The summed E-state index contributed by atoms with van der Waals surface area (Å²) in [6.07, 6.45) is 6.62. The van der Waals surface area contributed by atoms with Crippen LogP contribution in [0.1, 0.15) is 16.3 Å². The SMILES string of the molecule is Cc1cn2cc(Cc3ncc(Cl)s3)ccc2n1. The molecule has 0 atom stereocenters. The van der Waals surface area contributed by atoms with Crippen molar-refractivity contribution in [1.29, 1.82) is 0 Å². The average molecular weight is 264 g/mol. The summed E-state index contributed by atoms with van der Waals surface area (Å²) >= 11 is 7.39. The van der Waals surface area contributed by atoms with Crippen LogP contribution in [0.15, 0.2) is 30.7 Å². The number of rotatable bonds is 2. The van der Waals surface area contributed by atoms with Crippen LogP contribution in [0.3, 0.4) is 0 Å². The van der Waals surface area contributed by atoms with Crippen molar-refractivity contribution < 1.29 is 0 Å². The first-order valence-corrected chi connectivity index (χ1v) is 6.44. The Bertz CT molecular complexity index is 671. The summed E-state index contributed by atoms with van der Waals surface area (Å²) in [4.78, 5) is 8.65. The molecule has 0 saturated carbocycles. The molecule has 0 aliphatic heterocycles. The minimum Gasteiger partial charge on any atom is -0.307 e. The first-order valence-electron chi connectivity index (χ1n) is 5.25. The van der Waals surface area contributed by atoms with E-state index >= 15 is 0 Å². The van der Waals surface area contributed by atoms with Gasteiger partial charge in [0.15, 0.2) is 0 Å². The van der Waals surface area contributed by atoms with Crippen LogP contribution in [0.2, 0.25) is 4.34 Å². The second-order valence-electron chi connectivity index (χ2n) is 3.92. The minimum atomic E-state index is 0.736. The largest absolute Gasteiger partial charge is 0.307 e. The highest BCUT2D eigenvalue weighted by Gasteiger charge is 2.03. The molecule has 17 heavy (non-hydrogen) atoms. The first kappa shape index (κ1) is 10.7. The van der Waals surface area contributed by atoms with Crippen molar-refractivity contribution in [2.24, 2.45) is 0 Å². The molecule has 3 nitrogen and oxygen atoms in total. The van der Waals surface area contributed by atoms with Crippen LogP contribution >= 0.6 is 22.9 Å². The third kappa shape index (κ3) is 2.18. The van der Waals surface area contributed by atoms with Gasteiger partial charge in [0.1, 0.15) is 9.98 Å². The van der Waals surface area contributed by atoms with E-state index < -0.39 is 0 Å². The molecular weight excluding hydrogens is 254 g/mol. The maximum absolute atomic E-state index is 5.87. The van der Waals surface area contributed by atoms with Gasteiger partial charge in [-0.05, 0) is 18.6 Å². The van der Waals surface area contributed by atoms with Crippen LogP contribution < -0.4 is 0 Å². The third-order valence-electron chi connectivity index (χ3n) is 2.51. The number of imidazole rings is 1. The number of thiazole rings is 1. The van der Waals surface area contributed by atoms with E-state index in [0.717, 1.165) is 27.1 Å². The number of pyridine rings is 1. The zero-order valence-corrected chi connectivity index (χ0v) is 10.8. The number of halogens is 1. The molecule has 3 heterocycles. The summed E-state index contributed by atoms with van der Waals surface area (Å²) < 4.78 is 2.78. The zero-order valence-electron chi connectivity index (χ0n) is 9.22. The maximum atomic E-state index is 5.87. The highest BCUT2D eigenvalue weighted by atomic mass is 35.5. The van der Waals surface area contributed by atoms with Crippen molar-refractivity contribution in [2.75, 3.05) is 0 Å². The normalized spacial score (nSPS) is 11.2. The number of aromatic nitrogens is 3. The van der Waals surface area contributed by atoms with Crippen molar-refractivity contribution in [3.8, 4) is 0 Å².